The number of nitrogens with zero attached hydrogens (tertiary/aromatic N) is 1. The molecule has 1 saturated carbocycles. The fraction of sp³-hybridized carbons (Fsp3) is 0.500. The molecule has 4 heteroatoms. The fourth-order valence-electron chi connectivity index (χ4n) is 5.21. The van der Waals surface area contributed by atoms with Gasteiger partial charge < -0.3 is 15.0 Å². The van der Waals surface area contributed by atoms with Gasteiger partial charge in [0.15, 0.2) is 0 Å². The minimum absolute atomic E-state index is 0.230. The van der Waals surface area contributed by atoms with Gasteiger partial charge in [0.2, 0.25) is 0 Å². The highest BCUT2D eigenvalue weighted by atomic mass is 16.5. The first-order chi connectivity index (χ1) is 14.7. The van der Waals surface area contributed by atoms with E-state index >= 15 is 0 Å². The number of piperidine rings is 1. The zero-order valence-corrected chi connectivity index (χ0v) is 18.0. The van der Waals surface area contributed by atoms with Crippen LogP contribution in [0.2, 0.25) is 0 Å². The topological polar surface area (TPSA) is 49.9 Å². The highest BCUT2D eigenvalue weighted by molar-refractivity contribution is 5.99. The van der Waals surface area contributed by atoms with E-state index in [0.29, 0.717) is 5.92 Å². The van der Waals surface area contributed by atoms with Gasteiger partial charge in [0, 0.05) is 28.9 Å². The molecule has 1 aliphatic heterocycles. The second-order valence-corrected chi connectivity index (χ2v) is 9.52. The van der Waals surface area contributed by atoms with Crippen molar-refractivity contribution in [3.8, 4) is 16.9 Å². The molecule has 158 valence electrons. The van der Waals surface area contributed by atoms with Crippen molar-refractivity contribution in [1.82, 2.24) is 15.3 Å². The average Bonchev–Trinajstić information content (AvgIpc) is 3.24. The number of ether oxygens (including phenoxy) is 1. The molecule has 3 heterocycles. The Balaban J connectivity index is 1.58. The van der Waals surface area contributed by atoms with E-state index in [9.17, 15) is 0 Å². The molecule has 1 aliphatic carbocycles. The van der Waals surface area contributed by atoms with Crippen molar-refractivity contribution in [2.75, 3.05) is 19.7 Å². The standard InChI is InChI=1S/C26H33N3O/c1-26(12-14-27-15-13-26)18-30-24-22(20-10-6-3-7-11-20)17-29-25-23(24)21(16-28-25)19-8-4-2-5-9-19/h2,4-5,8-9,16-17,20,27H,3,6-7,10-15,18H2,1H3,(H,28,29). The van der Waals surface area contributed by atoms with Crippen LogP contribution < -0.4 is 10.1 Å². The largest absolute Gasteiger partial charge is 0.492 e. The Morgan fingerprint density at radius 2 is 1.83 bits per heavy atom. The second kappa shape index (κ2) is 8.43. The van der Waals surface area contributed by atoms with E-state index in [-0.39, 0.29) is 5.41 Å². The normalized spacial score (nSPS) is 19.8. The van der Waals surface area contributed by atoms with Crippen molar-refractivity contribution in [3.05, 3.63) is 48.3 Å². The summed E-state index contributed by atoms with van der Waals surface area (Å²) in [5, 5.41) is 4.64. The van der Waals surface area contributed by atoms with Gasteiger partial charge in [-0.1, -0.05) is 56.5 Å². The van der Waals surface area contributed by atoms with Crippen molar-refractivity contribution < 1.29 is 4.74 Å². The van der Waals surface area contributed by atoms with Gasteiger partial charge in [0.05, 0.1) is 12.0 Å². The van der Waals surface area contributed by atoms with Crippen LogP contribution in [0.3, 0.4) is 0 Å². The molecule has 0 amide bonds. The number of fused-ring (bicyclic) bond motifs is 1. The summed E-state index contributed by atoms with van der Waals surface area (Å²) in [4.78, 5) is 8.23. The van der Waals surface area contributed by atoms with Crippen molar-refractivity contribution in [2.24, 2.45) is 5.41 Å². The number of H-pyrrole nitrogens is 1. The third-order valence-corrected chi connectivity index (χ3v) is 7.19. The molecule has 4 nitrogen and oxygen atoms in total. The van der Waals surface area contributed by atoms with Gasteiger partial charge in [-0.05, 0) is 50.3 Å². The molecular formula is C26H33N3O. The van der Waals surface area contributed by atoms with Gasteiger partial charge in [0.1, 0.15) is 11.4 Å². The molecule has 2 N–H and O–H groups in total. The molecule has 0 spiro atoms. The molecule has 0 atom stereocenters. The summed E-state index contributed by atoms with van der Waals surface area (Å²) in [6.07, 6.45) is 13.0. The van der Waals surface area contributed by atoms with Crippen LogP contribution in [-0.2, 0) is 0 Å². The molecule has 1 saturated heterocycles. The molecule has 2 aromatic heterocycles. The zero-order chi connectivity index (χ0) is 20.4. The maximum atomic E-state index is 6.78. The Kier molecular flexibility index (Phi) is 5.51. The van der Waals surface area contributed by atoms with E-state index in [1.54, 1.807) is 0 Å². The first kappa shape index (κ1) is 19.6. The molecule has 3 aromatic rings. The van der Waals surface area contributed by atoms with E-state index in [4.69, 9.17) is 9.72 Å². The lowest BCUT2D eigenvalue weighted by Gasteiger charge is -2.34. The molecular weight excluding hydrogens is 370 g/mol. The van der Waals surface area contributed by atoms with E-state index in [1.165, 1.54) is 61.6 Å². The molecule has 2 fully saturated rings. The Morgan fingerprint density at radius 1 is 1.07 bits per heavy atom. The van der Waals surface area contributed by atoms with E-state index in [2.05, 4.69) is 60.0 Å². The SMILES string of the molecule is CC1(COc2c(C3CCCCC3)cnc3[nH]cc(-c4ccccc4)c23)CCNCC1. The van der Waals surface area contributed by atoms with Crippen LogP contribution in [0.4, 0.5) is 0 Å². The van der Waals surface area contributed by atoms with Crippen molar-refractivity contribution in [3.63, 3.8) is 0 Å². The van der Waals surface area contributed by atoms with E-state index < -0.39 is 0 Å². The van der Waals surface area contributed by atoms with Crippen LogP contribution in [-0.4, -0.2) is 29.7 Å². The molecule has 30 heavy (non-hydrogen) atoms. The Bertz CT molecular complexity index is 982. The summed E-state index contributed by atoms with van der Waals surface area (Å²) >= 11 is 0. The highest BCUT2D eigenvalue weighted by Crippen LogP contribution is 2.44. The van der Waals surface area contributed by atoms with Crippen molar-refractivity contribution in [2.45, 2.75) is 57.8 Å². The predicted molar refractivity (Wildman–Crippen MR) is 123 cm³/mol. The number of hydrogen-bond acceptors (Lipinski definition) is 3. The van der Waals surface area contributed by atoms with Gasteiger partial charge in [0.25, 0.3) is 0 Å². The maximum absolute atomic E-state index is 6.78. The molecule has 2 aliphatic rings. The van der Waals surface area contributed by atoms with Crippen LogP contribution >= 0.6 is 0 Å². The summed E-state index contributed by atoms with van der Waals surface area (Å²) in [7, 11) is 0. The Hall–Kier alpha value is -2.33. The van der Waals surface area contributed by atoms with Crippen LogP contribution in [0.1, 0.15) is 63.4 Å². The third kappa shape index (κ3) is 3.85. The van der Waals surface area contributed by atoms with Gasteiger partial charge >= 0.3 is 0 Å². The monoisotopic (exact) mass is 403 g/mol. The molecule has 1 aromatic carbocycles. The highest BCUT2D eigenvalue weighted by Gasteiger charge is 2.30. The second-order valence-electron chi connectivity index (χ2n) is 9.52. The number of pyridine rings is 1. The summed E-state index contributed by atoms with van der Waals surface area (Å²) in [6.45, 7) is 5.32. The van der Waals surface area contributed by atoms with Crippen LogP contribution in [0.5, 0.6) is 5.75 Å². The Morgan fingerprint density at radius 3 is 2.60 bits per heavy atom. The van der Waals surface area contributed by atoms with Crippen LogP contribution in [0.15, 0.2) is 42.7 Å². The predicted octanol–water partition coefficient (Wildman–Crippen LogP) is 6.05. The van der Waals surface area contributed by atoms with Crippen LogP contribution in [0, 0.1) is 5.41 Å². The fourth-order valence-corrected chi connectivity index (χ4v) is 5.21. The lowest BCUT2D eigenvalue weighted by atomic mass is 9.81. The van der Waals surface area contributed by atoms with Gasteiger partial charge in [-0.3, -0.25) is 0 Å². The number of rotatable bonds is 5. The minimum atomic E-state index is 0.230. The third-order valence-electron chi connectivity index (χ3n) is 7.19. The number of aromatic amines is 1. The summed E-state index contributed by atoms with van der Waals surface area (Å²) in [5.74, 6) is 1.64. The summed E-state index contributed by atoms with van der Waals surface area (Å²) in [6, 6.07) is 10.6. The number of hydrogen-bond donors (Lipinski definition) is 2. The lowest BCUT2D eigenvalue weighted by molar-refractivity contribution is 0.123. The molecule has 0 bridgehead atoms. The summed E-state index contributed by atoms with van der Waals surface area (Å²) in [5.41, 5.74) is 4.88. The number of aromatic nitrogens is 2. The van der Waals surface area contributed by atoms with Crippen molar-refractivity contribution in [1.29, 1.82) is 0 Å². The first-order valence-electron chi connectivity index (χ1n) is 11.6. The van der Waals surface area contributed by atoms with Crippen molar-refractivity contribution >= 4 is 11.0 Å². The number of nitrogens with one attached hydrogen (secondary N) is 2. The van der Waals surface area contributed by atoms with E-state index in [0.717, 1.165) is 36.5 Å². The first-order valence-corrected chi connectivity index (χ1v) is 11.6. The minimum Gasteiger partial charge on any atom is -0.492 e. The van der Waals surface area contributed by atoms with Gasteiger partial charge in [-0.2, -0.15) is 0 Å². The molecule has 5 rings (SSSR count). The van der Waals surface area contributed by atoms with Gasteiger partial charge in [-0.15, -0.1) is 0 Å². The molecule has 0 unspecified atom stereocenters. The average molecular weight is 404 g/mol. The van der Waals surface area contributed by atoms with E-state index in [1.807, 2.05) is 0 Å². The van der Waals surface area contributed by atoms with Crippen LogP contribution in [0.25, 0.3) is 22.2 Å². The van der Waals surface area contributed by atoms with Gasteiger partial charge in [-0.25, -0.2) is 4.98 Å². The summed E-state index contributed by atoms with van der Waals surface area (Å²) < 4.78 is 6.78. The quantitative estimate of drug-likeness (QED) is 0.545. The zero-order valence-electron chi connectivity index (χ0n) is 18.0. The Labute approximate surface area is 179 Å². The molecule has 0 radical (unpaired) electrons. The smallest absolute Gasteiger partial charge is 0.141 e. The number of benzene rings is 1. The maximum Gasteiger partial charge on any atom is 0.141 e. The lowest BCUT2D eigenvalue weighted by Crippen LogP contribution is -2.38.